The summed E-state index contributed by atoms with van der Waals surface area (Å²) in [5.74, 6) is 0.356. The molecule has 192 valence electrons. The van der Waals surface area contributed by atoms with Gasteiger partial charge < -0.3 is 15.2 Å². The number of ether oxygens (including phenoxy) is 1. The van der Waals surface area contributed by atoms with Gasteiger partial charge in [-0.3, -0.25) is 4.79 Å². The number of nitrogens with one attached hydrogen (secondary N) is 1. The highest BCUT2D eigenvalue weighted by Crippen LogP contribution is 2.50. The van der Waals surface area contributed by atoms with Crippen LogP contribution >= 0.6 is 11.3 Å². The van der Waals surface area contributed by atoms with E-state index in [1.807, 2.05) is 49.6 Å². The number of carboxylic acid groups (broad SMARTS) is 1. The van der Waals surface area contributed by atoms with Gasteiger partial charge in [0, 0.05) is 40.0 Å². The number of ketones is 1. The van der Waals surface area contributed by atoms with E-state index in [1.165, 1.54) is 4.88 Å². The van der Waals surface area contributed by atoms with Gasteiger partial charge in [0.25, 0.3) is 0 Å². The summed E-state index contributed by atoms with van der Waals surface area (Å²) >= 11 is 1.67. The number of benzene rings is 2. The summed E-state index contributed by atoms with van der Waals surface area (Å²) < 4.78 is 7.34. The van der Waals surface area contributed by atoms with Crippen LogP contribution in [0.1, 0.15) is 63.7 Å². The maximum Gasteiger partial charge on any atom is 0.337 e. The van der Waals surface area contributed by atoms with E-state index in [-0.39, 0.29) is 23.2 Å². The molecule has 0 spiro atoms. The van der Waals surface area contributed by atoms with E-state index in [0.717, 1.165) is 33.8 Å². The van der Waals surface area contributed by atoms with Crippen molar-refractivity contribution in [1.82, 2.24) is 9.78 Å². The number of thiophene rings is 1. The van der Waals surface area contributed by atoms with E-state index in [9.17, 15) is 14.7 Å². The molecule has 2 N–H and O–H groups in total. The highest BCUT2D eigenvalue weighted by molar-refractivity contribution is 7.10. The maximum absolute atomic E-state index is 13.8. The number of fused-ring (bicyclic) bond motifs is 1. The molecule has 3 heterocycles. The lowest BCUT2D eigenvalue weighted by molar-refractivity contribution is -0.116. The fourth-order valence-corrected chi connectivity index (χ4v) is 6.50. The molecule has 7 nitrogen and oxygen atoms in total. The molecule has 0 unspecified atom stereocenters. The largest absolute Gasteiger partial charge is 0.494 e. The van der Waals surface area contributed by atoms with Crippen molar-refractivity contribution in [3.8, 4) is 11.4 Å². The quantitative estimate of drug-likeness (QED) is 0.307. The second-order valence-electron chi connectivity index (χ2n) is 9.58. The Labute approximate surface area is 224 Å². The van der Waals surface area contributed by atoms with Crippen LogP contribution in [0.5, 0.6) is 5.75 Å². The molecule has 1 aliphatic heterocycles. The zero-order chi connectivity index (χ0) is 26.4. The number of hydrogen-bond donors (Lipinski definition) is 2. The number of aryl methyl sites for hydroxylation is 1. The number of nitrogens with zero attached hydrogens (tertiary/aromatic N) is 2. The summed E-state index contributed by atoms with van der Waals surface area (Å²) in [5.41, 5.74) is 4.88. The standard InChI is InChI=1S/C30H27N3O4S/c1-3-37-20-12-10-18(11-13-20)27-26-17(2)32-33(23-8-5-4-7-21(23)30(35)36)29(26)31-22-15-19(16-24(34)28(22)27)25-9-6-14-38-25/h4-14,19,27,31H,3,15-16H2,1-2H3,(H,35,36)/t19-,27-/m1/s1. The van der Waals surface area contributed by atoms with Crippen molar-refractivity contribution in [2.75, 3.05) is 11.9 Å². The predicted octanol–water partition coefficient (Wildman–Crippen LogP) is 6.30. The molecule has 4 aromatic rings. The molecular formula is C30H27N3O4S. The Morgan fingerprint density at radius 1 is 1.13 bits per heavy atom. The first-order chi connectivity index (χ1) is 18.5. The van der Waals surface area contributed by atoms with Crippen LogP contribution in [0.2, 0.25) is 0 Å². The molecule has 0 bridgehead atoms. The number of hydrogen-bond acceptors (Lipinski definition) is 6. The monoisotopic (exact) mass is 525 g/mol. The number of carbonyl (C=O) groups excluding carboxylic acids is 1. The molecule has 0 radical (unpaired) electrons. The minimum Gasteiger partial charge on any atom is -0.494 e. The Hall–Kier alpha value is -4.17. The van der Waals surface area contributed by atoms with Crippen LogP contribution < -0.4 is 10.1 Å². The average molecular weight is 526 g/mol. The molecule has 2 aliphatic rings. The molecular weight excluding hydrogens is 498 g/mol. The molecule has 6 rings (SSSR count). The molecule has 0 saturated carbocycles. The smallest absolute Gasteiger partial charge is 0.337 e. The van der Waals surface area contributed by atoms with Crippen LogP contribution in [-0.4, -0.2) is 33.2 Å². The summed E-state index contributed by atoms with van der Waals surface area (Å²) in [7, 11) is 0. The van der Waals surface area contributed by atoms with Crippen molar-refractivity contribution < 1.29 is 19.4 Å². The number of para-hydroxylation sites is 1. The van der Waals surface area contributed by atoms with Gasteiger partial charge in [-0.05, 0) is 61.5 Å². The predicted molar refractivity (Wildman–Crippen MR) is 147 cm³/mol. The first-order valence-electron chi connectivity index (χ1n) is 12.7. The third kappa shape index (κ3) is 4.01. The van der Waals surface area contributed by atoms with E-state index in [4.69, 9.17) is 9.84 Å². The number of rotatable bonds is 6. The maximum atomic E-state index is 13.8. The third-order valence-electron chi connectivity index (χ3n) is 7.29. The topological polar surface area (TPSA) is 93.5 Å². The third-order valence-corrected chi connectivity index (χ3v) is 8.33. The Bertz CT molecular complexity index is 1570. The van der Waals surface area contributed by atoms with Crippen molar-refractivity contribution in [2.24, 2.45) is 0 Å². The Morgan fingerprint density at radius 3 is 2.63 bits per heavy atom. The Balaban J connectivity index is 1.54. The Morgan fingerprint density at radius 2 is 1.92 bits per heavy atom. The van der Waals surface area contributed by atoms with Gasteiger partial charge in [-0.25, -0.2) is 9.48 Å². The van der Waals surface area contributed by atoms with Gasteiger partial charge in [0.2, 0.25) is 0 Å². The second-order valence-corrected chi connectivity index (χ2v) is 10.6. The van der Waals surface area contributed by atoms with Gasteiger partial charge in [0.1, 0.15) is 11.6 Å². The molecule has 0 fully saturated rings. The minimum atomic E-state index is -1.02. The van der Waals surface area contributed by atoms with Crippen molar-refractivity contribution in [2.45, 2.75) is 38.5 Å². The summed E-state index contributed by atoms with van der Waals surface area (Å²) in [4.78, 5) is 27.1. The van der Waals surface area contributed by atoms with E-state index in [0.29, 0.717) is 31.0 Å². The fourth-order valence-electron chi connectivity index (χ4n) is 5.67. The van der Waals surface area contributed by atoms with Crippen molar-refractivity contribution in [1.29, 1.82) is 0 Å². The first kappa shape index (κ1) is 24.2. The van der Waals surface area contributed by atoms with Crippen molar-refractivity contribution >= 4 is 28.9 Å². The lowest BCUT2D eigenvalue weighted by Crippen LogP contribution is -2.30. The first-order valence-corrected chi connectivity index (χ1v) is 13.6. The minimum absolute atomic E-state index is 0.0973. The van der Waals surface area contributed by atoms with Crippen molar-refractivity contribution in [3.05, 3.63) is 105 Å². The van der Waals surface area contributed by atoms with E-state index in [2.05, 4.69) is 11.4 Å². The normalized spacial score (nSPS) is 18.5. The summed E-state index contributed by atoms with van der Waals surface area (Å²) in [6.45, 7) is 4.43. The van der Waals surface area contributed by atoms with Gasteiger partial charge in [0.15, 0.2) is 5.78 Å². The zero-order valence-electron chi connectivity index (χ0n) is 21.1. The van der Waals surface area contributed by atoms with E-state index < -0.39 is 5.97 Å². The number of aromatic carboxylic acids is 1. The molecule has 2 aromatic carbocycles. The SMILES string of the molecule is CCOc1ccc([C@H]2C3=C(C[C@@H](c4cccs4)CC3=O)Nc3c2c(C)nn3-c2ccccc2C(=O)O)cc1. The molecule has 2 atom stereocenters. The fraction of sp³-hybridized carbons (Fsp3) is 0.233. The number of aromatic nitrogens is 2. The second kappa shape index (κ2) is 9.61. The van der Waals surface area contributed by atoms with Crippen molar-refractivity contribution in [3.63, 3.8) is 0 Å². The van der Waals surface area contributed by atoms with Crippen LogP contribution in [0, 0.1) is 6.92 Å². The number of carboxylic acids is 1. The highest BCUT2D eigenvalue weighted by Gasteiger charge is 2.41. The number of allylic oxidation sites excluding steroid dienone is 2. The molecule has 0 amide bonds. The average Bonchev–Trinajstić information content (AvgIpc) is 3.57. The number of anilines is 1. The number of Topliss-reactive ketones (excluding diaryl/α,β-unsaturated/α-hetero) is 1. The van der Waals surface area contributed by atoms with Gasteiger partial charge in [-0.15, -0.1) is 11.3 Å². The molecule has 2 aromatic heterocycles. The lowest BCUT2D eigenvalue weighted by atomic mass is 9.73. The Kier molecular flexibility index (Phi) is 6.12. The van der Waals surface area contributed by atoms with Crippen LogP contribution in [0.3, 0.4) is 0 Å². The molecule has 8 heteroatoms. The van der Waals surface area contributed by atoms with Crippen LogP contribution in [-0.2, 0) is 4.79 Å². The van der Waals surface area contributed by atoms with E-state index >= 15 is 0 Å². The van der Waals surface area contributed by atoms with Crippen LogP contribution in [0.15, 0.2) is 77.3 Å². The lowest BCUT2D eigenvalue weighted by Gasteiger charge is -2.35. The van der Waals surface area contributed by atoms with Crippen LogP contribution in [0.25, 0.3) is 5.69 Å². The van der Waals surface area contributed by atoms with Gasteiger partial charge in [0.05, 0.1) is 23.6 Å². The summed E-state index contributed by atoms with van der Waals surface area (Å²) in [5, 5.41) is 20.3. The van der Waals surface area contributed by atoms with Gasteiger partial charge in [-0.1, -0.05) is 30.3 Å². The molecule has 0 saturated heterocycles. The van der Waals surface area contributed by atoms with E-state index in [1.54, 1.807) is 40.3 Å². The molecule has 1 aliphatic carbocycles. The summed E-state index contributed by atoms with van der Waals surface area (Å²) in [6.07, 6.45) is 1.15. The summed E-state index contributed by atoms with van der Waals surface area (Å²) in [6, 6.07) is 18.8. The van der Waals surface area contributed by atoms with Gasteiger partial charge >= 0.3 is 5.97 Å². The van der Waals surface area contributed by atoms with Gasteiger partial charge in [-0.2, -0.15) is 5.10 Å². The van der Waals surface area contributed by atoms with Crippen LogP contribution in [0.4, 0.5) is 5.82 Å². The highest BCUT2D eigenvalue weighted by atomic mass is 32.1. The number of carbonyl (C=O) groups is 2. The zero-order valence-corrected chi connectivity index (χ0v) is 21.9. The molecule has 38 heavy (non-hydrogen) atoms.